The molecule has 1 heterocycles. The van der Waals surface area contributed by atoms with Crippen LogP contribution in [0.5, 0.6) is 0 Å². The summed E-state index contributed by atoms with van der Waals surface area (Å²) in [5.41, 5.74) is 5.51. The first-order valence-corrected chi connectivity index (χ1v) is 5.55. The fraction of sp³-hybridized carbons (Fsp3) is 0.400. The van der Waals surface area contributed by atoms with Crippen molar-refractivity contribution < 1.29 is 9.90 Å². The van der Waals surface area contributed by atoms with Crippen LogP contribution in [0, 0.1) is 0 Å². The molecule has 0 radical (unpaired) electrons. The highest BCUT2D eigenvalue weighted by molar-refractivity contribution is 7.99. The highest BCUT2D eigenvalue weighted by Crippen LogP contribution is 2.22. The summed E-state index contributed by atoms with van der Waals surface area (Å²) in [6.07, 6.45) is 2.19. The zero-order valence-electron chi connectivity index (χ0n) is 8.51. The van der Waals surface area contributed by atoms with E-state index in [0.717, 1.165) is 11.4 Å². The average Bonchev–Trinajstić information content (AvgIpc) is 2.18. The molecule has 4 nitrogen and oxygen atoms in total. The third kappa shape index (κ3) is 3.89. The van der Waals surface area contributed by atoms with Crippen LogP contribution in [0.2, 0.25) is 0 Å². The SMILES string of the molecule is CC(CCO)Sc1ccc(C(N)=O)cn1. The second kappa shape index (κ2) is 5.72. The van der Waals surface area contributed by atoms with Gasteiger partial charge in [-0.25, -0.2) is 4.98 Å². The number of primary amides is 1. The van der Waals surface area contributed by atoms with Crippen LogP contribution < -0.4 is 5.73 Å². The van der Waals surface area contributed by atoms with Gasteiger partial charge in [-0.3, -0.25) is 4.79 Å². The molecule has 0 saturated carbocycles. The molecule has 1 atom stereocenters. The first-order chi connectivity index (χ1) is 7.13. The number of thioether (sulfide) groups is 1. The van der Waals surface area contributed by atoms with Gasteiger partial charge in [0.25, 0.3) is 0 Å². The Morgan fingerprint density at radius 2 is 2.40 bits per heavy atom. The third-order valence-electron chi connectivity index (χ3n) is 1.88. The van der Waals surface area contributed by atoms with Crippen LogP contribution in [0.3, 0.4) is 0 Å². The molecule has 0 aliphatic heterocycles. The normalized spacial score (nSPS) is 12.4. The molecule has 0 bridgehead atoms. The molecule has 0 spiro atoms. The summed E-state index contributed by atoms with van der Waals surface area (Å²) in [4.78, 5) is 14.9. The maximum absolute atomic E-state index is 10.8. The molecule has 1 rings (SSSR count). The van der Waals surface area contributed by atoms with Crippen molar-refractivity contribution in [3.63, 3.8) is 0 Å². The molecule has 0 aliphatic rings. The maximum atomic E-state index is 10.8. The summed E-state index contributed by atoms with van der Waals surface area (Å²) in [5.74, 6) is -0.470. The third-order valence-corrected chi connectivity index (χ3v) is 3.00. The fourth-order valence-electron chi connectivity index (χ4n) is 1.04. The van der Waals surface area contributed by atoms with Gasteiger partial charge in [-0.05, 0) is 18.6 Å². The van der Waals surface area contributed by atoms with E-state index in [1.807, 2.05) is 6.92 Å². The lowest BCUT2D eigenvalue weighted by Gasteiger charge is -2.08. The Labute approximate surface area is 92.9 Å². The van der Waals surface area contributed by atoms with Gasteiger partial charge in [0.05, 0.1) is 10.6 Å². The number of carbonyl (C=O) groups excluding carboxylic acids is 1. The second-order valence-electron chi connectivity index (χ2n) is 3.19. The smallest absolute Gasteiger partial charge is 0.250 e. The van der Waals surface area contributed by atoms with E-state index in [1.165, 1.54) is 6.20 Å². The Morgan fingerprint density at radius 1 is 1.67 bits per heavy atom. The first kappa shape index (κ1) is 12.0. The minimum atomic E-state index is -0.470. The van der Waals surface area contributed by atoms with Crippen molar-refractivity contribution in [3.05, 3.63) is 23.9 Å². The summed E-state index contributed by atoms with van der Waals surface area (Å²) in [6.45, 7) is 2.19. The van der Waals surface area contributed by atoms with Crippen LogP contribution in [0.1, 0.15) is 23.7 Å². The highest BCUT2D eigenvalue weighted by Gasteiger charge is 2.06. The van der Waals surface area contributed by atoms with Crippen molar-refractivity contribution in [2.75, 3.05) is 6.61 Å². The Morgan fingerprint density at radius 3 is 2.87 bits per heavy atom. The van der Waals surface area contributed by atoms with Gasteiger partial charge in [0, 0.05) is 18.1 Å². The molecule has 1 aromatic rings. The Kier molecular flexibility index (Phi) is 4.58. The zero-order chi connectivity index (χ0) is 11.3. The molecule has 0 saturated heterocycles. The largest absolute Gasteiger partial charge is 0.396 e. The van der Waals surface area contributed by atoms with Crippen molar-refractivity contribution in [3.8, 4) is 0 Å². The lowest BCUT2D eigenvalue weighted by molar-refractivity contribution is 0.1000. The summed E-state index contributed by atoms with van der Waals surface area (Å²) < 4.78 is 0. The van der Waals surface area contributed by atoms with E-state index < -0.39 is 5.91 Å². The number of nitrogens with zero attached hydrogens (tertiary/aromatic N) is 1. The molecule has 82 valence electrons. The number of aliphatic hydroxyl groups excluding tert-OH is 1. The number of aliphatic hydroxyl groups is 1. The fourth-order valence-corrected chi connectivity index (χ4v) is 1.94. The topological polar surface area (TPSA) is 76.2 Å². The minimum absolute atomic E-state index is 0.174. The predicted octanol–water partition coefficient (Wildman–Crippen LogP) is 1.04. The number of hydrogen-bond acceptors (Lipinski definition) is 4. The Bertz CT molecular complexity index is 327. The van der Waals surface area contributed by atoms with Gasteiger partial charge in [0.2, 0.25) is 5.91 Å². The molecular weight excluding hydrogens is 212 g/mol. The van der Waals surface area contributed by atoms with Crippen LogP contribution in [0.15, 0.2) is 23.4 Å². The number of rotatable bonds is 5. The lowest BCUT2D eigenvalue weighted by Crippen LogP contribution is -2.11. The van der Waals surface area contributed by atoms with Crippen molar-refractivity contribution in [2.24, 2.45) is 5.73 Å². The number of carbonyl (C=O) groups is 1. The average molecular weight is 226 g/mol. The van der Waals surface area contributed by atoms with Crippen LogP contribution >= 0.6 is 11.8 Å². The van der Waals surface area contributed by atoms with E-state index >= 15 is 0 Å². The van der Waals surface area contributed by atoms with E-state index in [4.69, 9.17) is 10.8 Å². The van der Waals surface area contributed by atoms with Gasteiger partial charge in [-0.15, -0.1) is 11.8 Å². The number of amides is 1. The van der Waals surface area contributed by atoms with Crippen molar-refractivity contribution in [1.29, 1.82) is 0 Å². The molecule has 0 aromatic carbocycles. The highest BCUT2D eigenvalue weighted by atomic mass is 32.2. The van der Waals surface area contributed by atoms with E-state index in [-0.39, 0.29) is 6.61 Å². The number of nitrogens with two attached hydrogens (primary N) is 1. The quantitative estimate of drug-likeness (QED) is 0.736. The maximum Gasteiger partial charge on any atom is 0.250 e. The summed E-state index contributed by atoms with van der Waals surface area (Å²) in [7, 11) is 0. The van der Waals surface area contributed by atoms with E-state index in [1.54, 1.807) is 23.9 Å². The van der Waals surface area contributed by atoms with E-state index in [2.05, 4.69) is 4.98 Å². The van der Waals surface area contributed by atoms with Crippen molar-refractivity contribution in [1.82, 2.24) is 4.98 Å². The molecule has 0 fully saturated rings. The van der Waals surface area contributed by atoms with E-state index in [0.29, 0.717) is 10.8 Å². The minimum Gasteiger partial charge on any atom is -0.396 e. The predicted molar refractivity (Wildman–Crippen MR) is 59.8 cm³/mol. The molecular formula is C10H14N2O2S. The second-order valence-corrected chi connectivity index (χ2v) is 4.65. The van der Waals surface area contributed by atoms with Crippen molar-refractivity contribution in [2.45, 2.75) is 23.6 Å². The van der Waals surface area contributed by atoms with Gasteiger partial charge in [-0.1, -0.05) is 6.92 Å². The van der Waals surface area contributed by atoms with Gasteiger partial charge in [0.15, 0.2) is 0 Å². The van der Waals surface area contributed by atoms with Gasteiger partial charge in [-0.2, -0.15) is 0 Å². The van der Waals surface area contributed by atoms with Gasteiger partial charge < -0.3 is 10.8 Å². The Hall–Kier alpha value is -1.07. The number of pyridine rings is 1. The van der Waals surface area contributed by atoms with Crippen LogP contribution in [0.25, 0.3) is 0 Å². The van der Waals surface area contributed by atoms with Crippen molar-refractivity contribution >= 4 is 17.7 Å². The first-order valence-electron chi connectivity index (χ1n) is 4.67. The van der Waals surface area contributed by atoms with Crippen LogP contribution in [0.4, 0.5) is 0 Å². The molecule has 0 aliphatic carbocycles. The molecule has 5 heteroatoms. The standard InChI is InChI=1S/C10H14N2O2S/c1-7(4-5-13)15-9-3-2-8(6-12-9)10(11)14/h2-3,6-7,13H,4-5H2,1H3,(H2,11,14). The molecule has 1 aromatic heterocycles. The van der Waals surface area contributed by atoms with E-state index in [9.17, 15) is 4.79 Å². The molecule has 15 heavy (non-hydrogen) atoms. The molecule has 1 unspecified atom stereocenters. The molecule has 1 amide bonds. The monoisotopic (exact) mass is 226 g/mol. The Balaban J connectivity index is 2.60. The number of aromatic nitrogens is 1. The van der Waals surface area contributed by atoms with Gasteiger partial charge in [0.1, 0.15) is 0 Å². The summed E-state index contributed by atoms with van der Waals surface area (Å²) in [6, 6.07) is 3.42. The summed E-state index contributed by atoms with van der Waals surface area (Å²) in [5, 5.41) is 9.88. The lowest BCUT2D eigenvalue weighted by atomic mass is 10.3. The summed E-state index contributed by atoms with van der Waals surface area (Å²) >= 11 is 1.57. The molecule has 3 N–H and O–H groups in total. The number of hydrogen-bond donors (Lipinski definition) is 2. The zero-order valence-corrected chi connectivity index (χ0v) is 9.33. The van der Waals surface area contributed by atoms with Gasteiger partial charge >= 0.3 is 0 Å². The van der Waals surface area contributed by atoms with Crippen LogP contribution in [-0.2, 0) is 0 Å². The van der Waals surface area contributed by atoms with Crippen LogP contribution in [-0.4, -0.2) is 27.9 Å².